The van der Waals surface area contributed by atoms with E-state index in [-0.39, 0.29) is 17.8 Å². The zero-order valence-electron chi connectivity index (χ0n) is 9.33. The van der Waals surface area contributed by atoms with Gasteiger partial charge in [-0.1, -0.05) is 18.2 Å². The molecule has 1 rings (SSSR count). The molecule has 1 aromatic carbocycles. The van der Waals surface area contributed by atoms with Gasteiger partial charge in [0.1, 0.15) is 11.9 Å². The van der Waals surface area contributed by atoms with Crippen LogP contribution in [0, 0.1) is 5.82 Å². The first-order valence-electron chi connectivity index (χ1n) is 4.96. The van der Waals surface area contributed by atoms with E-state index in [1.54, 1.807) is 18.2 Å². The molecule has 0 heterocycles. The molecular formula is C12H17FO2. The second-order valence-corrected chi connectivity index (χ2v) is 4.46. The fourth-order valence-electron chi connectivity index (χ4n) is 1.16. The summed E-state index contributed by atoms with van der Waals surface area (Å²) in [5.41, 5.74) is -0.0477. The van der Waals surface area contributed by atoms with Crippen LogP contribution in [0.3, 0.4) is 0 Å². The first kappa shape index (κ1) is 12.1. The lowest BCUT2D eigenvalue weighted by Crippen LogP contribution is -2.23. The molecule has 1 unspecified atom stereocenters. The number of rotatable bonds is 3. The number of benzene rings is 1. The Kier molecular flexibility index (Phi) is 3.83. The van der Waals surface area contributed by atoms with Crippen molar-refractivity contribution in [1.29, 1.82) is 0 Å². The summed E-state index contributed by atoms with van der Waals surface area (Å²) in [4.78, 5) is 0. The predicted octanol–water partition coefficient (Wildman–Crippen LogP) is 2.67. The highest BCUT2D eigenvalue weighted by atomic mass is 19.1. The van der Waals surface area contributed by atoms with Crippen LogP contribution in [-0.2, 0) is 4.74 Å². The minimum atomic E-state index is -0.912. The summed E-state index contributed by atoms with van der Waals surface area (Å²) in [6.07, 6.45) is -0.912. The van der Waals surface area contributed by atoms with Crippen molar-refractivity contribution in [3.05, 3.63) is 35.6 Å². The Morgan fingerprint density at radius 3 is 2.47 bits per heavy atom. The molecule has 0 spiro atoms. The lowest BCUT2D eigenvalue weighted by atomic mass is 10.1. The van der Waals surface area contributed by atoms with Gasteiger partial charge in [-0.15, -0.1) is 0 Å². The topological polar surface area (TPSA) is 29.5 Å². The normalized spacial score (nSPS) is 13.9. The van der Waals surface area contributed by atoms with Crippen LogP contribution in [0.1, 0.15) is 32.4 Å². The van der Waals surface area contributed by atoms with Gasteiger partial charge in [0.2, 0.25) is 0 Å². The Morgan fingerprint density at radius 2 is 1.93 bits per heavy atom. The number of aliphatic hydroxyl groups is 1. The third kappa shape index (κ3) is 3.98. The molecule has 0 radical (unpaired) electrons. The Morgan fingerprint density at radius 1 is 1.33 bits per heavy atom. The van der Waals surface area contributed by atoms with E-state index in [0.717, 1.165) is 0 Å². The smallest absolute Gasteiger partial charge is 0.129 e. The van der Waals surface area contributed by atoms with Gasteiger partial charge in [-0.25, -0.2) is 4.39 Å². The lowest BCUT2D eigenvalue weighted by Gasteiger charge is -2.22. The molecule has 2 nitrogen and oxygen atoms in total. The van der Waals surface area contributed by atoms with E-state index in [9.17, 15) is 9.50 Å². The molecule has 84 valence electrons. The van der Waals surface area contributed by atoms with Gasteiger partial charge in [0, 0.05) is 5.56 Å². The first-order valence-corrected chi connectivity index (χ1v) is 4.96. The van der Waals surface area contributed by atoms with E-state index < -0.39 is 11.9 Å². The summed E-state index contributed by atoms with van der Waals surface area (Å²) < 4.78 is 18.6. The Bertz CT molecular complexity index is 318. The van der Waals surface area contributed by atoms with E-state index in [1.807, 2.05) is 20.8 Å². The van der Waals surface area contributed by atoms with Crippen LogP contribution in [-0.4, -0.2) is 17.3 Å². The van der Waals surface area contributed by atoms with Gasteiger partial charge >= 0.3 is 0 Å². The van der Waals surface area contributed by atoms with Crippen molar-refractivity contribution in [3.63, 3.8) is 0 Å². The Balaban J connectivity index is 2.62. The maximum atomic E-state index is 13.2. The van der Waals surface area contributed by atoms with Crippen molar-refractivity contribution < 1.29 is 14.2 Å². The van der Waals surface area contributed by atoms with E-state index in [2.05, 4.69) is 0 Å². The highest BCUT2D eigenvalue weighted by Crippen LogP contribution is 2.19. The van der Waals surface area contributed by atoms with Gasteiger partial charge in [0.25, 0.3) is 0 Å². The molecule has 1 N–H and O–H groups in total. The highest BCUT2D eigenvalue weighted by Gasteiger charge is 2.16. The molecule has 0 saturated carbocycles. The van der Waals surface area contributed by atoms with Gasteiger partial charge in [-0.2, -0.15) is 0 Å². The molecule has 0 aliphatic heterocycles. The standard InChI is InChI=1S/C12H17FO2/c1-12(2,3)15-8-11(14)9-6-4-5-7-10(9)13/h4-7,11,14H,8H2,1-3H3. The van der Waals surface area contributed by atoms with Crippen LogP contribution in [0.2, 0.25) is 0 Å². The second-order valence-electron chi connectivity index (χ2n) is 4.46. The molecule has 3 heteroatoms. The van der Waals surface area contributed by atoms with Crippen LogP contribution in [0.4, 0.5) is 4.39 Å². The number of hydrogen-bond donors (Lipinski definition) is 1. The molecule has 0 amide bonds. The molecule has 0 aromatic heterocycles. The van der Waals surface area contributed by atoms with Crippen molar-refractivity contribution in [2.75, 3.05) is 6.61 Å². The maximum absolute atomic E-state index is 13.2. The number of aliphatic hydroxyl groups excluding tert-OH is 1. The molecule has 0 bridgehead atoms. The average Bonchev–Trinajstić information content (AvgIpc) is 2.14. The molecule has 0 fully saturated rings. The van der Waals surface area contributed by atoms with Crippen LogP contribution in [0.15, 0.2) is 24.3 Å². The summed E-state index contributed by atoms with van der Waals surface area (Å²) in [6, 6.07) is 6.18. The minimum absolute atomic E-state index is 0.102. The fourth-order valence-corrected chi connectivity index (χ4v) is 1.16. The molecular weight excluding hydrogens is 195 g/mol. The lowest BCUT2D eigenvalue weighted by molar-refractivity contribution is -0.0504. The maximum Gasteiger partial charge on any atom is 0.129 e. The van der Waals surface area contributed by atoms with E-state index in [1.165, 1.54) is 6.07 Å². The zero-order valence-corrected chi connectivity index (χ0v) is 9.33. The van der Waals surface area contributed by atoms with Crippen molar-refractivity contribution in [3.8, 4) is 0 Å². The van der Waals surface area contributed by atoms with Crippen molar-refractivity contribution in [1.82, 2.24) is 0 Å². The summed E-state index contributed by atoms with van der Waals surface area (Å²) in [5.74, 6) is -0.400. The number of hydrogen-bond acceptors (Lipinski definition) is 2. The first-order chi connectivity index (χ1) is 6.90. The average molecular weight is 212 g/mol. The fraction of sp³-hybridized carbons (Fsp3) is 0.500. The summed E-state index contributed by atoms with van der Waals surface area (Å²) in [7, 11) is 0. The number of halogens is 1. The highest BCUT2D eigenvalue weighted by molar-refractivity contribution is 5.19. The summed E-state index contributed by atoms with van der Waals surface area (Å²) >= 11 is 0. The molecule has 0 aliphatic carbocycles. The van der Waals surface area contributed by atoms with E-state index in [0.29, 0.717) is 0 Å². The molecule has 1 aromatic rings. The summed E-state index contributed by atoms with van der Waals surface area (Å²) in [6.45, 7) is 5.77. The largest absolute Gasteiger partial charge is 0.386 e. The molecule has 0 saturated heterocycles. The Labute approximate surface area is 89.7 Å². The zero-order chi connectivity index (χ0) is 11.5. The monoisotopic (exact) mass is 212 g/mol. The van der Waals surface area contributed by atoms with Crippen molar-refractivity contribution in [2.24, 2.45) is 0 Å². The van der Waals surface area contributed by atoms with E-state index >= 15 is 0 Å². The SMILES string of the molecule is CC(C)(C)OCC(O)c1ccccc1F. The predicted molar refractivity (Wildman–Crippen MR) is 57.1 cm³/mol. The minimum Gasteiger partial charge on any atom is -0.386 e. The van der Waals surface area contributed by atoms with Gasteiger partial charge in [0.15, 0.2) is 0 Å². The molecule has 15 heavy (non-hydrogen) atoms. The number of ether oxygens (including phenoxy) is 1. The van der Waals surface area contributed by atoms with Crippen LogP contribution in [0.5, 0.6) is 0 Å². The third-order valence-corrected chi connectivity index (χ3v) is 1.94. The van der Waals surface area contributed by atoms with Crippen LogP contribution < -0.4 is 0 Å². The van der Waals surface area contributed by atoms with Gasteiger partial charge in [0.05, 0.1) is 12.2 Å². The van der Waals surface area contributed by atoms with Gasteiger partial charge < -0.3 is 9.84 Å². The molecule has 1 atom stereocenters. The Hall–Kier alpha value is -0.930. The van der Waals surface area contributed by atoms with Gasteiger partial charge in [-0.05, 0) is 26.8 Å². The van der Waals surface area contributed by atoms with Gasteiger partial charge in [-0.3, -0.25) is 0 Å². The summed E-state index contributed by atoms with van der Waals surface area (Å²) in [5, 5.41) is 9.70. The van der Waals surface area contributed by atoms with Crippen molar-refractivity contribution in [2.45, 2.75) is 32.5 Å². The third-order valence-electron chi connectivity index (χ3n) is 1.94. The second kappa shape index (κ2) is 4.73. The van der Waals surface area contributed by atoms with Crippen LogP contribution in [0.25, 0.3) is 0 Å². The van der Waals surface area contributed by atoms with E-state index in [4.69, 9.17) is 4.74 Å². The van der Waals surface area contributed by atoms with Crippen LogP contribution >= 0.6 is 0 Å². The van der Waals surface area contributed by atoms with Crippen molar-refractivity contribution >= 4 is 0 Å². The molecule has 0 aliphatic rings. The quantitative estimate of drug-likeness (QED) is 0.834.